The number of aromatic nitrogens is 2. The fraction of sp³-hybridized carbons (Fsp3) is 0.364. The molecule has 12 nitrogen and oxygen atoms in total. The minimum Gasteiger partial charge on any atom is -0.506 e. The van der Waals surface area contributed by atoms with Crippen LogP contribution in [-0.4, -0.2) is 44.4 Å². The number of imidazole rings is 1. The number of nitrogens with one attached hydrogen (secondary N) is 3. The quantitative estimate of drug-likeness (QED) is 0.178. The molecule has 0 bridgehead atoms. The Labute approximate surface area is 272 Å². The van der Waals surface area contributed by atoms with Gasteiger partial charge >= 0.3 is 5.69 Å². The molecule has 3 fully saturated rings. The molecule has 0 spiro atoms. The van der Waals surface area contributed by atoms with E-state index in [1.807, 2.05) is 18.2 Å². The molecular weight excluding hydrogens is 627 g/mol. The molecule has 1 saturated carbocycles. The standard InChI is InChI=1S/C33H33FN6O6S/c1-38-25-14-19(6-9-23(25)40(33(38)46)24-10-11-27(42)36-32(24)45)18-4-2-17(3-5-18)12-28(43)35-21-7-8-22-20(13-21)15-26(41)31(30(22)34)39-16-29(44)37-47-39/h6-9,13-15,17-18,24,41H,2-5,10-12,16H2,1H3,(H,35,43)(H,37,44)(H,36,42,45). The van der Waals surface area contributed by atoms with Crippen molar-refractivity contribution in [2.45, 2.75) is 56.9 Å². The lowest BCUT2D eigenvalue weighted by atomic mass is 9.77. The van der Waals surface area contributed by atoms with E-state index in [1.165, 1.54) is 14.9 Å². The fourth-order valence-corrected chi connectivity index (χ4v) is 7.84. The van der Waals surface area contributed by atoms with Gasteiger partial charge in [0.05, 0.1) is 23.2 Å². The van der Waals surface area contributed by atoms with Crippen LogP contribution in [0.4, 0.5) is 15.8 Å². The summed E-state index contributed by atoms with van der Waals surface area (Å²) in [5, 5.41) is 16.5. The zero-order chi connectivity index (χ0) is 33.0. The Morgan fingerprint density at radius 1 is 1.00 bits per heavy atom. The van der Waals surface area contributed by atoms with Crippen LogP contribution in [0.2, 0.25) is 0 Å². The third kappa shape index (κ3) is 5.70. The molecule has 244 valence electrons. The number of rotatable bonds is 6. The van der Waals surface area contributed by atoms with Crippen molar-refractivity contribution in [3.05, 3.63) is 64.3 Å². The highest BCUT2D eigenvalue weighted by Crippen LogP contribution is 2.41. The number of benzene rings is 3. The normalized spacial score (nSPS) is 21.7. The van der Waals surface area contributed by atoms with E-state index in [9.17, 15) is 29.1 Å². The molecule has 14 heteroatoms. The summed E-state index contributed by atoms with van der Waals surface area (Å²) in [6.45, 7) is -0.0758. The Hall–Kier alpha value is -4.85. The minimum atomic E-state index is -0.725. The van der Waals surface area contributed by atoms with Crippen molar-refractivity contribution < 1.29 is 28.7 Å². The van der Waals surface area contributed by atoms with E-state index in [0.717, 1.165) is 48.9 Å². The number of carbonyl (C=O) groups is 4. The third-order valence-electron chi connectivity index (χ3n) is 9.55. The van der Waals surface area contributed by atoms with Gasteiger partial charge in [0, 0.05) is 31.0 Å². The van der Waals surface area contributed by atoms with Crippen LogP contribution in [-0.2, 0) is 26.2 Å². The van der Waals surface area contributed by atoms with Crippen molar-refractivity contribution in [3.63, 3.8) is 0 Å². The Kier molecular flexibility index (Phi) is 7.90. The maximum absolute atomic E-state index is 15.3. The summed E-state index contributed by atoms with van der Waals surface area (Å²) in [5.41, 5.74) is 2.64. The fourth-order valence-electron chi connectivity index (χ4n) is 7.12. The van der Waals surface area contributed by atoms with Crippen LogP contribution in [0.1, 0.15) is 62.5 Å². The summed E-state index contributed by atoms with van der Waals surface area (Å²) >= 11 is 0.917. The summed E-state index contributed by atoms with van der Waals surface area (Å²) < 4.78 is 22.2. The van der Waals surface area contributed by atoms with Gasteiger partial charge < -0.3 is 10.4 Å². The smallest absolute Gasteiger partial charge is 0.329 e. The lowest BCUT2D eigenvalue weighted by Gasteiger charge is -2.28. The van der Waals surface area contributed by atoms with Gasteiger partial charge in [-0.15, -0.1) is 0 Å². The van der Waals surface area contributed by atoms with Crippen LogP contribution in [0.5, 0.6) is 5.75 Å². The van der Waals surface area contributed by atoms with Crippen molar-refractivity contribution in [1.82, 2.24) is 19.2 Å². The molecule has 3 aromatic carbocycles. The lowest BCUT2D eigenvalue weighted by Crippen LogP contribution is -2.44. The number of aromatic hydroxyl groups is 1. The van der Waals surface area contributed by atoms with Crippen LogP contribution in [0.3, 0.4) is 0 Å². The van der Waals surface area contributed by atoms with Crippen molar-refractivity contribution in [2.24, 2.45) is 13.0 Å². The summed E-state index contributed by atoms with van der Waals surface area (Å²) in [5.74, 6) is -1.68. The van der Waals surface area contributed by atoms with Gasteiger partial charge in [0.1, 0.15) is 24.0 Å². The maximum Gasteiger partial charge on any atom is 0.329 e. The number of fused-ring (bicyclic) bond motifs is 2. The number of anilines is 2. The van der Waals surface area contributed by atoms with Gasteiger partial charge in [0.25, 0.3) is 5.91 Å². The lowest BCUT2D eigenvalue weighted by molar-refractivity contribution is -0.135. The second kappa shape index (κ2) is 12.1. The summed E-state index contributed by atoms with van der Waals surface area (Å²) in [4.78, 5) is 61.8. The number of phenols is 1. The summed E-state index contributed by atoms with van der Waals surface area (Å²) in [6.07, 6.45) is 4.31. The molecule has 4 N–H and O–H groups in total. The zero-order valence-electron chi connectivity index (χ0n) is 25.5. The Balaban J connectivity index is 0.985. The first kappa shape index (κ1) is 30.8. The first-order valence-electron chi connectivity index (χ1n) is 15.6. The average molecular weight is 661 g/mol. The molecule has 1 unspecified atom stereocenters. The van der Waals surface area contributed by atoms with Crippen molar-refractivity contribution in [2.75, 3.05) is 16.2 Å². The van der Waals surface area contributed by atoms with Gasteiger partial charge in [0.15, 0.2) is 5.82 Å². The van der Waals surface area contributed by atoms with E-state index in [-0.39, 0.29) is 71.5 Å². The Bertz CT molecular complexity index is 2030. The van der Waals surface area contributed by atoms with E-state index in [1.54, 1.807) is 29.8 Å². The predicted octanol–water partition coefficient (Wildman–Crippen LogP) is 4.12. The van der Waals surface area contributed by atoms with Crippen molar-refractivity contribution in [1.29, 1.82) is 0 Å². The van der Waals surface area contributed by atoms with Gasteiger partial charge in [-0.3, -0.25) is 42.7 Å². The van der Waals surface area contributed by atoms with Gasteiger partial charge in [-0.05, 0) is 91.3 Å². The van der Waals surface area contributed by atoms with Gasteiger partial charge in [-0.2, -0.15) is 0 Å². The third-order valence-corrected chi connectivity index (χ3v) is 10.4. The SMILES string of the molecule is Cn1c(=O)n(C2CCC(=O)NC2=O)c2ccc(C3CCC(CC(=O)Nc4ccc5c(F)c(N6CC(=O)NS6)c(O)cc5c4)CC3)cc21. The number of amides is 4. The second-order valence-corrected chi connectivity index (χ2v) is 13.4. The number of hydrogen-bond donors (Lipinski definition) is 4. The van der Waals surface area contributed by atoms with Crippen LogP contribution >= 0.6 is 12.1 Å². The maximum atomic E-state index is 15.3. The van der Waals surface area contributed by atoms with Crippen LogP contribution in [0, 0.1) is 11.7 Å². The minimum absolute atomic E-state index is 0.0668. The molecule has 4 amide bonds. The van der Waals surface area contributed by atoms with Crippen molar-refractivity contribution >= 4 is 68.9 Å². The van der Waals surface area contributed by atoms with Crippen LogP contribution in [0.15, 0.2) is 47.3 Å². The number of piperidine rings is 1. The molecule has 2 saturated heterocycles. The van der Waals surface area contributed by atoms with E-state index in [2.05, 4.69) is 15.4 Å². The van der Waals surface area contributed by atoms with Gasteiger partial charge in [-0.25, -0.2) is 9.18 Å². The van der Waals surface area contributed by atoms with Crippen LogP contribution < -0.4 is 25.4 Å². The highest BCUT2D eigenvalue weighted by molar-refractivity contribution is 7.99. The number of carbonyl (C=O) groups excluding carboxylic acids is 4. The molecule has 1 aromatic heterocycles. The monoisotopic (exact) mass is 660 g/mol. The molecule has 47 heavy (non-hydrogen) atoms. The van der Waals surface area contributed by atoms with Gasteiger partial charge in [0.2, 0.25) is 17.7 Å². The summed E-state index contributed by atoms with van der Waals surface area (Å²) in [7, 11) is 1.69. The molecule has 0 radical (unpaired) electrons. The molecule has 4 aromatic rings. The molecule has 2 aliphatic heterocycles. The van der Waals surface area contributed by atoms with Gasteiger partial charge in [-0.1, -0.05) is 6.07 Å². The molecule has 7 rings (SSSR count). The predicted molar refractivity (Wildman–Crippen MR) is 175 cm³/mol. The molecule has 3 heterocycles. The first-order valence-corrected chi connectivity index (χ1v) is 16.4. The zero-order valence-corrected chi connectivity index (χ0v) is 26.4. The number of nitrogens with zero attached hydrogens (tertiary/aromatic N) is 3. The number of halogens is 1. The number of hydrogen-bond acceptors (Lipinski definition) is 8. The van der Waals surface area contributed by atoms with E-state index >= 15 is 4.39 Å². The highest BCUT2D eigenvalue weighted by atomic mass is 32.2. The Morgan fingerprint density at radius 2 is 1.79 bits per heavy atom. The second-order valence-electron chi connectivity index (χ2n) is 12.5. The Morgan fingerprint density at radius 3 is 2.51 bits per heavy atom. The van der Waals surface area contributed by atoms with Crippen LogP contribution in [0.25, 0.3) is 21.8 Å². The first-order chi connectivity index (χ1) is 22.6. The molecule has 1 atom stereocenters. The average Bonchev–Trinajstić information content (AvgIpc) is 3.57. The van der Waals surface area contributed by atoms with E-state index < -0.39 is 17.8 Å². The number of imide groups is 1. The van der Waals surface area contributed by atoms with E-state index in [4.69, 9.17) is 0 Å². The molecule has 1 aliphatic carbocycles. The molecule has 3 aliphatic rings. The largest absolute Gasteiger partial charge is 0.506 e. The number of aryl methyl sites for hydroxylation is 1. The topological polar surface area (TPSA) is 155 Å². The number of phenolic OH excluding ortho intramolecular Hbond substituents is 1. The highest BCUT2D eigenvalue weighted by Gasteiger charge is 2.32. The van der Waals surface area contributed by atoms with Crippen molar-refractivity contribution in [3.8, 4) is 5.75 Å². The summed E-state index contributed by atoms with van der Waals surface area (Å²) in [6, 6.07) is 11.4. The van der Waals surface area contributed by atoms with E-state index in [0.29, 0.717) is 23.0 Å². The molecular formula is C33H33FN6O6S.